The normalized spacial score (nSPS) is 14.2. The Morgan fingerprint density at radius 2 is 1.82 bits per heavy atom. The largest absolute Gasteiger partial charge is 0.470 e. The van der Waals surface area contributed by atoms with E-state index < -0.39 is 29.7 Å². The molecule has 7 nitrogen and oxygen atoms in total. The van der Waals surface area contributed by atoms with Crippen LogP contribution in [0.15, 0.2) is 52.9 Å². The minimum absolute atomic E-state index is 0.0204. The molecule has 1 saturated heterocycles. The predicted octanol–water partition coefficient (Wildman–Crippen LogP) is 3.91. The zero-order chi connectivity index (χ0) is 23.8. The number of hydrogen-bond acceptors (Lipinski definition) is 5. The van der Waals surface area contributed by atoms with Crippen LogP contribution in [-0.2, 0) is 22.3 Å². The molecule has 0 radical (unpaired) electrons. The van der Waals surface area contributed by atoms with Gasteiger partial charge in [0.25, 0.3) is 0 Å². The van der Waals surface area contributed by atoms with Crippen LogP contribution in [0.4, 0.5) is 23.2 Å². The van der Waals surface area contributed by atoms with Crippen LogP contribution < -0.4 is 4.90 Å². The standard InChI is InChI=1S/C22H18F4N4O3/c1-13(31)29-10-16(11-29)20(32)30(17-5-3-2-4-6-17)12-15-8-7-14(9-18(15)23)19-27-28-21(33-19)22(24,25)26/h2-9,16H,10-12H2,1H3. The lowest BCUT2D eigenvalue weighted by Crippen LogP contribution is -2.56. The van der Waals surface area contributed by atoms with Crippen LogP contribution in [0.2, 0.25) is 0 Å². The van der Waals surface area contributed by atoms with E-state index in [1.807, 2.05) is 0 Å². The molecule has 172 valence electrons. The van der Waals surface area contributed by atoms with Gasteiger partial charge in [0.05, 0.1) is 12.5 Å². The summed E-state index contributed by atoms with van der Waals surface area (Å²) in [6, 6.07) is 12.4. The van der Waals surface area contributed by atoms with Gasteiger partial charge in [-0.2, -0.15) is 13.2 Å². The first-order valence-corrected chi connectivity index (χ1v) is 9.95. The van der Waals surface area contributed by atoms with E-state index in [1.165, 1.54) is 24.0 Å². The van der Waals surface area contributed by atoms with Gasteiger partial charge in [0.2, 0.25) is 17.7 Å². The molecule has 0 aliphatic carbocycles. The third-order valence-corrected chi connectivity index (χ3v) is 5.31. The Balaban J connectivity index is 1.57. The summed E-state index contributed by atoms with van der Waals surface area (Å²) < 4.78 is 57.5. The minimum atomic E-state index is -4.81. The number of anilines is 1. The Hall–Kier alpha value is -3.76. The number of carbonyl (C=O) groups is 2. The summed E-state index contributed by atoms with van der Waals surface area (Å²) in [7, 11) is 0. The Morgan fingerprint density at radius 1 is 1.12 bits per heavy atom. The Labute approximate surface area is 185 Å². The summed E-state index contributed by atoms with van der Waals surface area (Å²) in [5, 5.41) is 6.26. The number of halogens is 4. The highest BCUT2D eigenvalue weighted by Crippen LogP contribution is 2.31. The molecule has 4 rings (SSSR count). The first-order valence-electron chi connectivity index (χ1n) is 9.95. The Kier molecular flexibility index (Phi) is 5.88. The molecule has 0 unspecified atom stereocenters. The van der Waals surface area contributed by atoms with Crippen LogP contribution in [0.1, 0.15) is 18.4 Å². The van der Waals surface area contributed by atoms with Crippen molar-refractivity contribution < 1.29 is 31.6 Å². The van der Waals surface area contributed by atoms with Gasteiger partial charge in [-0.1, -0.05) is 24.3 Å². The number of benzene rings is 2. The fourth-order valence-corrected chi connectivity index (χ4v) is 3.45. The molecule has 0 bridgehead atoms. The molecule has 0 N–H and O–H groups in total. The Bertz CT molecular complexity index is 1170. The maximum absolute atomic E-state index is 14.9. The molecule has 11 heteroatoms. The van der Waals surface area contributed by atoms with Crippen LogP contribution in [0.25, 0.3) is 11.5 Å². The lowest BCUT2D eigenvalue weighted by Gasteiger charge is -2.40. The zero-order valence-corrected chi connectivity index (χ0v) is 17.3. The van der Waals surface area contributed by atoms with Crippen molar-refractivity contribution in [1.82, 2.24) is 15.1 Å². The first-order chi connectivity index (χ1) is 15.6. The van der Waals surface area contributed by atoms with Gasteiger partial charge in [0.1, 0.15) is 5.82 Å². The van der Waals surface area contributed by atoms with Gasteiger partial charge in [-0.15, -0.1) is 10.2 Å². The van der Waals surface area contributed by atoms with Gasteiger partial charge in [-0.05, 0) is 24.3 Å². The van der Waals surface area contributed by atoms with E-state index in [-0.39, 0.29) is 42.6 Å². The number of carbonyl (C=O) groups excluding carboxylic acids is 2. The van der Waals surface area contributed by atoms with Gasteiger partial charge in [0, 0.05) is 36.8 Å². The fraction of sp³-hybridized carbons (Fsp3) is 0.273. The van der Waals surface area contributed by atoms with Crippen molar-refractivity contribution in [2.75, 3.05) is 18.0 Å². The molecule has 2 aromatic carbocycles. The summed E-state index contributed by atoms with van der Waals surface area (Å²) >= 11 is 0. The van der Waals surface area contributed by atoms with Crippen LogP contribution in [-0.4, -0.2) is 40.0 Å². The maximum Gasteiger partial charge on any atom is 0.470 e. The average Bonchev–Trinajstić information content (AvgIpc) is 3.23. The SMILES string of the molecule is CC(=O)N1CC(C(=O)N(Cc2ccc(-c3nnc(C(F)(F)F)o3)cc2F)c2ccccc2)C1. The topological polar surface area (TPSA) is 79.5 Å². The number of likely N-dealkylation sites (tertiary alicyclic amines) is 1. The van der Waals surface area contributed by atoms with E-state index in [0.29, 0.717) is 5.69 Å². The van der Waals surface area contributed by atoms with Gasteiger partial charge in [0.15, 0.2) is 0 Å². The number of amides is 2. The number of aromatic nitrogens is 2. The number of rotatable bonds is 5. The van der Waals surface area contributed by atoms with E-state index in [1.54, 1.807) is 35.2 Å². The summed E-state index contributed by atoms with van der Waals surface area (Å²) in [5.41, 5.74) is 0.682. The van der Waals surface area contributed by atoms with Crippen molar-refractivity contribution in [2.24, 2.45) is 5.92 Å². The average molecular weight is 462 g/mol. The smallest absolute Gasteiger partial charge is 0.413 e. The second-order valence-electron chi connectivity index (χ2n) is 7.60. The monoisotopic (exact) mass is 462 g/mol. The number of para-hydroxylation sites is 1. The molecule has 0 spiro atoms. The second kappa shape index (κ2) is 8.64. The quantitative estimate of drug-likeness (QED) is 0.538. The molecule has 1 aliphatic heterocycles. The highest BCUT2D eigenvalue weighted by molar-refractivity contribution is 5.96. The van der Waals surface area contributed by atoms with Crippen molar-refractivity contribution >= 4 is 17.5 Å². The molecular formula is C22H18F4N4O3. The number of nitrogens with zero attached hydrogens (tertiary/aromatic N) is 4. The lowest BCUT2D eigenvalue weighted by atomic mass is 9.97. The Morgan fingerprint density at radius 3 is 2.39 bits per heavy atom. The zero-order valence-electron chi connectivity index (χ0n) is 17.3. The van der Waals surface area contributed by atoms with Gasteiger partial charge in [-0.25, -0.2) is 4.39 Å². The second-order valence-corrected chi connectivity index (χ2v) is 7.60. The molecule has 3 aromatic rings. The van der Waals surface area contributed by atoms with Crippen molar-refractivity contribution in [3.63, 3.8) is 0 Å². The number of hydrogen-bond donors (Lipinski definition) is 0. The van der Waals surface area contributed by atoms with E-state index in [9.17, 15) is 27.2 Å². The fourth-order valence-electron chi connectivity index (χ4n) is 3.45. The van der Waals surface area contributed by atoms with Crippen molar-refractivity contribution in [1.29, 1.82) is 0 Å². The van der Waals surface area contributed by atoms with Crippen molar-refractivity contribution in [3.05, 3.63) is 65.8 Å². The molecule has 2 amide bonds. The highest BCUT2D eigenvalue weighted by Gasteiger charge is 2.39. The number of alkyl halides is 3. The molecule has 0 saturated carbocycles. The molecule has 33 heavy (non-hydrogen) atoms. The van der Waals surface area contributed by atoms with Crippen LogP contribution in [0, 0.1) is 11.7 Å². The third kappa shape index (κ3) is 4.71. The summed E-state index contributed by atoms with van der Waals surface area (Å²) in [6.07, 6.45) is -4.81. The van der Waals surface area contributed by atoms with Crippen molar-refractivity contribution in [2.45, 2.75) is 19.6 Å². The van der Waals surface area contributed by atoms with Crippen molar-refractivity contribution in [3.8, 4) is 11.5 Å². The van der Waals surface area contributed by atoms with Gasteiger partial charge >= 0.3 is 12.1 Å². The van der Waals surface area contributed by atoms with Crippen LogP contribution in [0.5, 0.6) is 0 Å². The first kappa shape index (κ1) is 22.4. The van der Waals surface area contributed by atoms with Crippen LogP contribution in [0.3, 0.4) is 0 Å². The third-order valence-electron chi connectivity index (χ3n) is 5.31. The lowest BCUT2D eigenvalue weighted by molar-refractivity contribution is -0.157. The van der Waals surface area contributed by atoms with E-state index in [0.717, 1.165) is 6.07 Å². The van der Waals surface area contributed by atoms with Crippen LogP contribution >= 0.6 is 0 Å². The molecule has 2 heterocycles. The predicted molar refractivity (Wildman–Crippen MR) is 108 cm³/mol. The molecule has 0 atom stereocenters. The van der Waals surface area contributed by atoms with Gasteiger partial charge < -0.3 is 14.2 Å². The molecule has 1 aliphatic rings. The van der Waals surface area contributed by atoms with E-state index >= 15 is 0 Å². The summed E-state index contributed by atoms with van der Waals surface area (Å²) in [4.78, 5) is 27.5. The molecule has 1 fully saturated rings. The van der Waals surface area contributed by atoms with E-state index in [4.69, 9.17) is 0 Å². The van der Waals surface area contributed by atoms with Gasteiger partial charge in [-0.3, -0.25) is 9.59 Å². The molecular weight excluding hydrogens is 444 g/mol. The maximum atomic E-state index is 14.9. The van der Waals surface area contributed by atoms with E-state index in [2.05, 4.69) is 14.6 Å². The minimum Gasteiger partial charge on any atom is -0.413 e. The summed E-state index contributed by atoms with van der Waals surface area (Å²) in [5.74, 6) is -3.52. The molecule has 1 aromatic heterocycles. The highest BCUT2D eigenvalue weighted by atomic mass is 19.4. The summed E-state index contributed by atoms with van der Waals surface area (Å²) in [6.45, 7) is 1.89.